The molecule has 6 nitrogen and oxygen atoms in total. The summed E-state index contributed by atoms with van der Waals surface area (Å²) >= 11 is 0. The fraction of sp³-hybridized carbons (Fsp3) is 0.440. The molecule has 1 saturated heterocycles. The summed E-state index contributed by atoms with van der Waals surface area (Å²) in [5, 5.41) is 0. The number of para-hydroxylation sites is 2. The van der Waals surface area contributed by atoms with Gasteiger partial charge in [-0.2, -0.15) is 0 Å². The molecular weight excluding hydrogens is 390 g/mol. The summed E-state index contributed by atoms with van der Waals surface area (Å²) in [4.78, 5) is 32.1. The summed E-state index contributed by atoms with van der Waals surface area (Å²) in [6.45, 7) is 4.03. The van der Waals surface area contributed by atoms with E-state index in [0.717, 1.165) is 57.6 Å². The second kappa shape index (κ2) is 8.35. The van der Waals surface area contributed by atoms with E-state index < -0.39 is 0 Å². The van der Waals surface area contributed by atoms with Crippen LogP contribution in [0.4, 0.5) is 5.69 Å². The van der Waals surface area contributed by atoms with Gasteiger partial charge in [0.25, 0.3) is 11.8 Å². The number of carbonyl (C=O) groups excluding carboxylic acids is 2. The Morgan fingerprint density at radius 1 is 0.742 bits per heavy atom. The first kappa shape index (κ1) is 20.1. The minimum absolute atomic E-state index is 0.0264. The number of hydrogen-bond acceptors (Lipinski definition) is 5. The third-order valence-electron chi connectivity index (χ3n) is 7.11. The summed E-state index contributed by atoms with van der Waals surface area (Å²) in [5.41, 5.74) is 2.28. The average Bonchev–Trinajstić information content (AvgIpc) is 3.09. The highest BCUT2D eigenvalue weighted by Crippen LogP contribution is 2.34. The van der Waals surface area contributed by atoms with Crippen LogP contribution < -0.4 is 9.64 Å². The topological polar surface area (TPSA) is 53.1 Å². The van der Waals surface area contributed by atoms with Crippen molar-refractivity contribution in [3.05, 3.63) is 59.7 Å². The molecule has 0 unspecified atom stereocenters. The van der Waals surface area contributed by atoms with Crippen LogP contribution >= 0.6 is 0 Å². The number of ether oxygens (including phenoxy) is 1. The summed E-state index contributed by atoms with van der Waals surface area (Å²) in [5.74, 6) is 0.696. The van der Waals surface area contributed by atoms with Crippen LogP contribution in [0.3, 0.4) is 0 Å². The number of amides is 2. The van der Waals surface area contributed by atoms with Crippen molar-refractivity contribution in [2.24, 2.45) is 0 Å². The minimum Gasteiger partial charge on any atom is -0.495 e. The van der Waals surface area contributed by atoms with E-state index in [4.69, 9.17) is 4.74 Å². The van der Waals surface area contributed by atoms with Gasteiger partial charge in [-0.1, -0.05) is 24.3 Å². The van der Waals surface area contributed by atoms with Gasteiger partial charge in [-0.25, -0.2) is 0 Å². The fourth-order valence-electron chi connectivity index (χ4n) is 5.44. The molecule has 1 saturated carbocycles. The van der Waals surface area contributed by atoms with Crippen molar-refractivity contribution in [1.29, 1.82) is 0 Å². The Hall–Kier alpha value is -2.86. The standard InChI is InChI=1S/C25H29N3O3/c1-31-23-9-5-4-8-22(23)27-16-14-26(15-17-27)18-10-12-19(13-11-18)28-24(29)20-6-2-3-7-21(20)25(28)30/h2-9,18-19H,10-17H2,1H3. The molecule has 0 atom stereocenters. The number of carbonyl (C=O) groups is 2. The Labute approximate surface area is 183 Å². The number of rotatable bonds is 4. The number of hydrogen-bond donors (Lipinski definition) is 0. The second-order valence-electron chi connectivity index (χ2n) is 8.68. The van der Waals surface area contributed by atoms with E-state index in [1.54, 1.807) is 19.2 Å². The number of methoxy groups -OCH3 is 1. The third-order valence-corrected chi connectivity index (χ3v) is 7.11. The molecule has 0 aromatic heterocycles. The number of piperazine rings is 1. The second-order valence-corrected chi connectivity index (χ2v) is 8.68. The van der Waals surface area contributed by atoms with Gasteiger partial charge in [0.1, 0.15) is 5.75 Å². The predicted molar refractivity (Wildman–Crippen MR) is 120 cm³/mol. The van der Waals surface area contributed by atoms with E-state index >= 15 is 0 Å². The Morgan fingerprint density at radius 2 is 1.29 bits per heavy atom. The lowest BCUT2D eigenvalue weighted by atomic mass is 9.89. The van der Waals surface area contributed by atoms with Crippen molar-refractivity contribution in [1.82, 2.24) is 9.80 Å². The highest BCUT2D eigenvalue weighted by molar-refractivity contribution is 6.21. The summed E-state index contributed by atoms with van der Waals surface area (Å²) in [6, 6.07) is 16.0. The van der Waals surface area contributed by atoms with Gasteiger partial charge in [0.15, 0.2) is 0 Å². The maximum Gasteiger partial charge on any atom is 0.261 e. The van der Waals surface area contributed by atoms with Crippen molar-refractivity contribution in [3.63, 3.8) is 0 Å². The number of nitrogens with zero attached hydrogens (tertiary/aromatic N) is 3. The number of benzene rings is 2. The molecule has 2 aromatic rings. The van der Waals surface area contributed by atoms with E-state index in [1.165, 1.54) is 10.6 Å². The molecule has 5 rings (SSSR count). The normalized spacial score (nSPS) is 24.4. The van der Waals surface area contributed by atoms with Gasteiger partial charge in [-0.3, -0.25) is 19.4 Å². The van der Waals surface area contributed by atoms with Crippen LogP contribution in [0.15, 0.2) is 48.5 Å². The maximum absolute atomic E-state index is 12.8. The molecule has 0 N–H and O–H groups in total. The molecule has 6 heteroatoms. The zero-order chi connectivity index (χ0) is 21.4. The molecule has 3 aliphatic rings. The average molecular weight is 420 g/mol. The molecule has 162 valence electrons. The zero-order valence-electron chi connectivity index (χ0n) is 18.0. The van der Waals surface area contributed by atoms with Crippen molar-refractivity contribution in [2.45, 2.75) is 37.8 Å². The Morgan fingerprint density at radius 3 is 1.90 bits per heavy atom. The van der Waals surface area contributed by atoms with E-state index in [9.17, 15) is 9.59 Å². The zero-order valence-corrected chi connectivity index (χ0v) is 18.0. The van der Waals surface area contributed by atoms with Crippen LogP contribution in [0.1, 0.15) is 46.4 Å². The van der Waals surface area contributed by atoms with Gasteiger partial charge in [0.05, 0.1) is 23.9 Å². The molecule has 2 aromatic carbocycles. The minimum atomic E-state index is -0.116. The molecule has 0 bridgehead atoms. The Balaban J connectivity index is 1.17. The summed E-state index contributed by atoms with van der Waals surface area (Å²) in [6.07, 6.45) is 3.85. The van der Waals surface area contributed by atoms with Crippen LogP contribution in [0.5, 0.6) is 5.75 Å². The maximum atomic E-state index is 12.8. The van der Waals surface area contributed by atoms with Crippen LogP contribution in [0.25, 0.3) is 0 Å². The van der Waals surface area contributed by atoms with Crippen LogP contribution in [-0.2, 0) is 0 Å². The van der Waals surface area contributed by atoms with Crippen molar-refractivity contribution in [2.75, 3.05) is 38.2 Å². The van der Waals surface area contributed by atoms with Gasteiger partial charge in [-0.15, -0.1) is 0 Å². The van der Waals surface area contributed by atoms with Gasteiger partial charge in [0, 0.05) is 38.3 Å². The van der Waals surface area contributed by atoms with Gasteiger partial charge in [-0.05, 0) is 49.9 Å². The number of anilines is 1. The summed E-state index contributed by atoms with van der Waals surface area (Å²) in [7, 11) is 1.72. The highest BCUT2D eigenvalue weighted by atomic mass is 16.5. The molecule has 31 heavy (non-hydrogen) atoms. The molecule has 2 heterocycles. The Kier molecular flexibility index (Phi) is 5.40. The van der Waals surface area contributed by atoms with E-state index in [1.807, 2.05) is 24.3 Å². The Bertz CT molecular complexity index is 940. The molecule has 0 spiro atoms. The smallest absolute Gasteiger partial charge is 0.261 e. The van der Waals surface area contributed by atoms with E-state index in [2.05, 4.69) is 21.9 Å². The van der Waals surface area contributed by atoms with Crippen LogP contribution in [0, 0.1) is 0 Å². The van der Waals surface area contributed by atoms with Gasteiger partial charge >= 0.3 is 0 Å². The highest BCUT2D eigenvalue weighted by Gasteiger charge is 2.41. The third kappa shape index (κ3) is 3.59. The molecule has 2 aliphatic heterocycles. The lowest BCUT2D eigenvalue weighted by Crippen LogP contribution is -2.52. The monoisotopic (exact) mass is 419 g/mol. The first-order valence-electron chi connectivity index (χ1n) is 11.3. The first-order chi connectivity index (χ1) is 15.2. The molecule has 2 amide bonds. The molecule has 1 aliphatic carbocycles. The number of imide groups is 1. The van der Waals surface area contributed by atoms with Crippen LogP contribution in [0.2, 0.25) is 0 Å². The lowest BCUT2D eigenvalue weighted by molar-refractivity contribution is 0.0490. The SMILES string of the molecule is COc1ccccc1N1CCN(C2CCC(N3C(=O)c4ccccc4C3=O)CC2)CC1. The molecule has 2 fully saturated rings. The predicted octanol–water partition coefficient (Wildman–Crippen LogP) is 3.42. The van der Waals surface area contributed by atoms with Crippen LogP contribution in [-0.4, -0.2) is 67.0 Å². The lowest BCUT2D eigenvalue weighted by Gasteiger charge is -2.43. The summed E-state index contributed by atoms with van der Waals surface area (Å²) < 4.78 is 5.53. The van der Waals surface area contributed by atoms with E-state index in [0.29, 0.717) is 17.2 Å². The molecular formula is C25H29N3O3. The van der Waals surface area contributed by atoms with E-state index in [-0.39, 0.29) is 17.9 Å². The number of fused-ring (bicyclic) bond motifs is 1. The quantitative estimate of drug-likeness (QED) is 0.711. The fourth-order valence-corrected chi connectivity index (χ4v) is 5.44. The van der Waals surface area contributed by atoms with Crippen molar-refractivity contribution >= 4 is 17.5 Å². The first-order valence-corrected chi connectivity index (χ1v) is 11.3. The largest absolute Gasteiger partial charge is 0.495 e. The van der Waals surface area contributed by atoms with Gasteiger partial charge in [0.2, 0.25) is 0 Å². The van der Waals surface area contributed by atoms with Crippen molar-refractivity contribution < 1.29 is 14.3 Å². The molecule has 0 radical (unpaired) electrons. The van der Waals surface area contributed by atoms with Gasteiger partial charge < -0.3 is 9.64 Å². The van der Waals surface area contributed by atoms with Crippen molar-refractivity contribution in [3.8, 4) is 5.75 Å².